The Labute approximate surface area is 97.9 Å². The number of hydrogen-bond acceptors (Lipinski definition) is 3. The summed E-state index contributed by atoms with van der Waals surface area (Å²) in [6, 6.07) is 4.54. The molecule has 86 valence electrons. The van der Waals surface area contributed by atoms with E-state index >= 15 is 0 Å². The maximum atomic E-state index is 5.18. The molecule has 1 aromatic rings. The summed E-state index contributed by atoms with van der Waals surface area (Å²) in [4.78, 5) is 6.30. The van der Waals surface area contributed by atoms with E-state index in [1.54, 1.807) is 0 Å². The lowest BCUT2D eigenvalue weighted by Crippen LogP contribution is -2.37. The predicted molar refractivity (Wildman–Crippen MR) is 66.9 cm³/mol. The molecule has 0 saturated carbocycles. The van der Waals surface area contributed by atoms with Crippen molar-refractivity contribution in [1.29, 1.82) is 0 Å². The van der Waals surface area contributed by atoms with Gasteiger partial charge in [-0.1, -0.05) is 5.92 Å². The molecule has 0 aromatic carbocycles. The second-order valence-electron chi connectivity index (χ2n) is 3.95. The van der Waals surface area contributed by atoms with E-state index in [-0.39, 0.29) is 0 Å². The normalized spacial score (nSPS) is 12.4. The average Bonchev–Trinajstić information content (AvgIpc) is 2.30. The van der Waals surface area contributed by atoms with Gasteiger partial charge in [-0.15, -0.1) is 6.42 Å². The zero-order valence-corrected chi connectivity index (χ0v) is 9.98. The van der Waals surface area contributed by atoms with Crippen LogP contribution in [-0.4, -0.2) is 36.1 Å². The largest absolute Gasteiger partial charge is 0.305 e. The second kappa shape index (κ2) is 7.00. The van der Waals surface area contributed by atoms with Crippen molar-refractivity contribution in [3.63, 3.8) is 0 Å². The van der Waals surface area contributed by atoms with Crippen LogP contribution in [0.3, 0.4) is 0 Å². The monoisotopic (exact) mass is 217 g/mol. The molecule has 16 heavy (non-hydrogen) atoms. The number of hydrogen-bond donors (Lipinski definition) is 1. The van der Waals surface area contributed by atoms with Crippen molar-refractivity contribution in [3.8, 4) is 12.3 Å². The molecule has 0 fully saturated rings. The van der Waals surface area contributed by atoms with Crippen LogP contribution in [0.1, 0.15) is 12.5 Å². The summed E-state index contributed by atoms with van der Waals surface area (Å²) in [7, 11) is 2.11. The highest BCUT2D eigenvalue weighted by atomic mass is 15.1. The highest BCUT2D eigenvalue weighted by Gasteiger charge is 2.08. The molecule has 3 heteroatoms. The lowest BCUT2D eigenvalue weighted by Gasteiger charge is -2.24. The predicted octanol–water partition coefficient (Wildman–Crippen LogP) is 1.12. The Morgan fingerprint density at radius 3 is 2.81 bits per heavy atom. The van der Waals surface area contributed by atoms with Crippen LogP contribution >= 0.6 is 0 Å². The second-order valence-corrected chi connectivity index (χ2v) is 3.95. The summed E-state index contributed by atoms with van der Waals surface area (Å²) >= 11 is 0. The third kappa shape index (κ3) is 4.43. The molecule has 1 aromatic heterocycles. The fourth-order valence-corrected chi connectivity index (χ4v) is 1.44. The lowest BCUT2D eigenvalue weighted by atomic mass is 10.2. The number of aromatic nitrogens is 1. The first kappa shape index (κ1) is 12.7. The Balaban J connectivity index is 2.34. The molecular formula is C13H19N3. The molecule has 1 atom stereocenters. The number of terminal acetylenes is 1. The van der Waals surface area contributed by atoms with E-state index in [1.165, 1.54) is 5.56 Å². The summed E-state index contributed by atoms with van der Waals surface area (Å²) in [5.41, 5.74) is 1.28. The quantitative estimate of drug-likeness (QED) is 0.572. The van der Waals surface area contributed by atoms with Crippen LogP contribution in [0, 0.1) is 12.3 Å². The van der Waals surface area contributed by atoms with E-state index in [4.69, 9.17) is 6.42 Å². The fraction of sp³-hybridized carbons (Fsp3) is 0.462. The Morgan fingerprint density at radius 1 is 1.50 bits per heavy atom. The molecule has 0 aliphatic carbocycles. The van der Waals surface area contributed by atoms with Gasteiger partial charge < -0.3 is 5.32 Å². The molecule has 3 nitrogen and oxygen atoms in total. The molecule has 1 N–H and O–H groups in total. The van der Waals surface area contributed by atoms with Gasteiger partial charge in [0.2, 0.25) is 0 Å². The third-order valence-electron chi connectivity index (χ3n) is 2.60. The minimum absolute atomic E-state index is 0.460. The molecular weight excluding hydrogens is 198 g/mol. The van der Waals surface area contributed by atoms with Gasteiger partial charge in [0.25, 0.3) is 0 Å². The van der Waals surface area contributed by atoms with Gasteiger partial charge in [-0.2, -0.15) is 0 Å². The van der Waals surface area contributed by atoms with Crippen molar-refractivity contribution in [2.75, 3.05) is 20.1 Å². The van der Waals surface area contributed by atoms with Crippen LogP contribution < -0.4 is 5.32 Å². The van der Waals surface area contributed by atoms with E-state index < -0.39 is 0 Å². The zero-order chi connectivity index (χ0) is 11.8. The van der Waals surface area contributed by atoms with Crippen LogP contribution in [0.15, 0.2) is 24.5 Å². The van der Waals surface area contributed by atoms with Crippen molar-refractivity contribution in [2.45, 2.75) is 19.5 Å². The Morgan fingerprint density at radius 2 is 2.19 bits per heavy atom. The van der Waals surface area contributed by atoms with Gasteiger partial charge in [-0.25, -0.2) is 0 Å². The third-order valence-corrected chi connectivity index (χ3v) is 2.60. The van der Waals surface area contributed by atoms with Crippen LogP contribution in [0.2, 0.25) is 0 Å². The van der Waals surface area contributed by atoms with Crippen LogP contribution in [0.25, 0.3) is 0 Å². The van der Waals surface area contributed by atoms with Crippen LogP contribution in [0.4, 0.5) is 0 Å². The summed E-state index contributed by atoms with van der Waals surface area (Å²) in [5.74, 6) is 2.57. The maximum absolute atomic E-state index is 5.18. The molecule has 0 amide bonds. The topological polar surface area (TPSA) is 28.2 Å². The smallest absolute Gasteiger partial charge is 0.0574 e. The molecule has 0 bridgehead atoms. The Hall–Kier alpha value is -1.37. The molecule has 0 saturated heterocycles. The molecule has 0 spiro atoms. The first-order valence-corrected chi connectivity index (χ1v) is 5.47. The summed E-state index contributed by atoms with van der Waals surface area (Å²) < 4.78 is 0. The maximum Gasteiger partial charge on any atom is 0.0574 e. The number of nitrogens with one attached hydrogen (secondary N) is 1. The van der Waals surface area contributed by atoms with Gasteiger partial charge in [-0.3, -0.25) is 9.88 Å². The molecule has 1 unspecified atom stereocenters. The summed E-state index contributed by atoms with van der Waals surface area (Å²) in [6.45, 7) is 4.66. The number of pyridine rings is 1. The molecule has 1 heterocycles. The van der Waals surface area contributed by atoms with Crippen molar-refractivity contribution < 1.29 is 0 Å². The van der Waals surface area contributed by atoms with Gasteiger partial charge in [0, 0.05) is 31.5 Å². The molecule has 0 radical (unpaired) electrons. The minimum Gasteiger partial charge on any atom is -0.305 e. The number of nitrogens with zero attached hydrogens (tertiary/aromatic N) is 2. The SMILES string of the molecule is C#CCNCC(C)N(C)Cc1ccncc1. The number of likely N-dealkylation sites (N-methyl/N-ethyl adjacent to an activating group) is 1. The van der Waals surface area contributed by atoms with Crippen LogP contribution in [-0.2, 0) is 6.54 Å². The number of rotatable bonds is 6. The highest BCUT2D eigenvalue weighted by molar-refractivity contribution is 5.09. The first-order chi connectivity index (χ1) is 7.74. The standard InChI is InChI=1S/C13H19N3/c1-4-7-15-10-12(2)16(3)11-13-5-8-14-9-6-13/h1,5-6,8-9,12,15H,7,10-11H2,2-3H3. The summed E-state index contributed by atoms with van der Waals surface area (Å²) in [5, 5.41) is 3.21. The minimum atomic E-state index is 0.460. The van der Waals surface area contributed by atoms with Crippen molar-refractivity contribution in [2.24, 2.45) is 0 Å². The van der Waals surface area contributed by atoms with E-state index in [0.29, 0.717) is 12.6 Å². The van der Waals surface area contributed by atoms with Gasteiger partial charge >= 0.3 is 0 Å². The van der Waals surface area contributed by atoms with Gasteiger partial charge in [0.1, 0.15) is 0 Å². The average molecular weight is 217 g/mol. The summed E-state index contributed by atoms with van der Waals surface area (Å²) in [6.07, 6.45) is 8.83. The Bertz CT molecular complexity index is 329. The van der Waals surface area contributed by atoms with E-state index in [0.717, 1.165) is 13.1 Å². The molecule has 1 rings (SSSR count). The van der Waals surface area contributed by atoms with E-state index in [9.17, 15) is 0 Å². The van der Waals surface area contributed by atoms with Crippen LogP contribution in [0.5, 0.6) is 0 Å². The first-order valence-electron chi connectivity index (χ1n) is 5.47. The van der Waals surface area contributed by atoms with E-state index in [1.807, 2.05) is 24.5 Å². The Kier molecular flexibility index (Phi) is 5.55. The lowest BCUT2D eigenvalue weighted by molar-refractivity contribution is 0.245. The van der Waals surface area contributed by atoms with Gasteiger partial charge in [0.05, 0.1) is 6.54 Å². The van der Waals surface area contributed by atoms with Gasteiger partial charge in [-0.05, 0) is 31.7 Å². The molecule has 0 aliphatic heterocycles. The zero-order valence-electron chi connectivity index (χ0n) is 9.98. The van der Waals surface area contributed by atoms with E-state index in [2.05, 4.69) is 35.1 Å². The van der Waals surface area contributed by atoms with Gasteiger partial charge in [0.15, 0.2) is 0 Å². The highest BCUT2D eigenvalue weighted by Crippen LogP contribution is 2.04. The van der Waals surface area contributed by atoms with Crippen molar-refractivity contribution in [1.82, 2.24) is 15.2 Å². The fourth-order valence-electron chi connectivity index (χ4n) is 1.44. The van der Waals surface area contributed by atoms with Crippen molar-refractivity contribution >= 4 is 0 Å². The molecule has 0 aliphatic rings. The van der Waals surface area contributed by atoms with Crippen molar-refractivity contribution in [3.05, 3.63) is 30.1 Å².